The van der Waals surface area contributed by atoms with Crippen LogP contribution < -0.4 is 0 Å². The van der Waals surface area contributed by atoms with E-state index >= 15 is 0 Å². The summed E-state index contributed by atoms with van der Waals surface area (Å²) in [5.74, 6) is 0. The van der Waals surface area contributed by atoms with Crippen LogP contribution in [0, 0.1) is 0 Å². The van der Waals surface area contributed by atoms with E-state index in [2.05, 4.69) is 48.1 Å². The monoisotopic (exact) mass is 244 g/mol. The number of hydrogen-bond acceptors (Lipinski definition) is 2. The molecule has 0 amide bonds. The van der Waals surface area contributed by atoms with E-state index in [1.807, 2.05) is 12.6 Å². The highest BCUT2D eigenvalue weighted by atomic mass is 28.4. The van der Waals surface area contributed by atoms with Crippen LogP contribution in [0.1, 0.15) is 54.9 Å². The molecular formula is C13H28O2Si. The second kappa shape index (κ2) is 5.47. The van der Waals surface area contributed by atoms with Crippen molar-refractivity contribution < 1.29 is 8.85 Å². The van der Waals surface area contributed by atoms with E-state index in [1.165, 1.54) is 0 Å². The van der Waals surface area contributed by atoms with E-state index in [0.29, 0.717) is 6.61 Å². The average Bonchev–Trinajstić information content (AvgIpc) is 2.14. The molecule has 0 N–H and O–H groups in total. The van der Waals surface area contributed by atoms with Crippen molar-refractivity contribution in [3.8, 4) is 0 Å². The second-order valence-electron chi connectivity index (χ2n) is 5.76. The largest absolute Gasteiger partial charge is 0.391 e. The van der Waals surface area contributed by atoms with Gasteiger partial charge in [-0.3, -0.25) is 0 Å². The minimum absolute atomic E-state index is 0.0397. The Morgan fingerprint density at radius 1 is 1.12 bits per heavy atom. The Morgan fingerprint density at radius 2 is 1.62 bits per heavy atom. The summed E-state index contributed by atoms with van der Waals surface area (Å²) in [5.41, 5.74) is 1.74. The topological polar surface area (TPSA) is 18.5 Å². The van der Waals surface area contributed by atoms with Gasteiger partial charge in [0.15, 0.2) is 0 Å². The molecule has 0 aromatic carbocycles. The van der Waals surface area contributed by atoms with E-state index in [1.54, 1.807) is 0 Å². The van der Waals surface area contributed by atoms with Gasteiger partial charge in [-0.2, -0.15) is 0 Å². The van der Waals surface area contributed by atoms with Gasteiger partial charge < -0.3 is 8.85 Å². The zero-order chi connectivity index (χ0) is 13.0. The smallest absolute Gasteiger partial charge is 0.370 e. The predicted octanol–water partition coefficient (Wildman–Crippen LogP) is 4.20. The van der Waals surface area contributed by atoms with Crippen molar-refractivity contribution in [3.05, 3.63) is 12.3 Å². The summed E-state index contributed by atoms with van der Waals surface area (Å²) in [5, 5.41) is 0.0397. The first-order chi connectivity index (χ1) is 7.14. The molecule has 0 aliphatic heterocycles. The molecule has 0 aliphatic rings. The highest BCUT2D eigenvalue weighted by Crippen LogP contribution is 2.44. The number of rotatable bonds is 6. The Labute approximate surface area is 102 Å². The van der Waals surface area contributed by atoms with Gasteiger partial charge in [-0.05, 0) is 39.8 Å². The standard InChI is InChI=1S/C13H28O2Si/c1-9-13(7,8)16(11-3,14-10-2)15-12(4,5)6/h11H,3,9-10H2,1-2,4-8H3. The summed E-state index contributed by atoms with van der Waals surface area (Å²) in [7, 11) is -2.37. The van der Waals surface area contributed by atoms with Gasteiger partial charge in [0.25, 0.3) is 0 Å². The van der Waals surface area contributed by atoms with Gasteiger partial charge in [0.2, 0.25) is 0 Å². The van der Waals surface area contributed by atoms with Gasteiger partial charge in [0.1, 0.15) is 0 Å². The summed E-state index contributed by atoms with van der Waals surface area (Å²) in [6.45, 7) is 19.5. The molecule has 0 spiro atoms. The lowest BCUT2D eigenvalue weighted by atomic mass is 10.1. The molecule has 16 heavy (non-hydrogen) atoms. The van der Waals surface area contributed by atoms with Gasteiger partial charge in [0, 0.05) is 11.6 Å². The lowest BCUT2D eigenvalue weighted by Gasteiger charge is -2.44. The van der Waals surface area contributed by atoms with Crippen molar-refractivity contribution in [1.29, 1.82) is 0 Å². The Bertz CT molecular complexity index is 231. The maximum absolute atomic E-state index is 6.27. The SMILES string of the molecule is C=C[Si](OCC)(OC(C)(C)C)C(C)(C)CC. The molecule has 96 valence electrons. The van der Waals surface area contributed by atoms with Gasteiger partial charge in [-0.1, -0.05) is 20.8 Å². The molecule has 2 nitrogen and oxygen atoms in total. The van der Waals surface area contributed by atoms with E-state index in [4.69, 9.17) is 8.85 Å². The molecule has 1 atom stereocenters. The average molecular weight is 244 g/mol. The van der Waals surface area contributed by atoms with Crippen LogP contribution >= 0.6 is 0 Å². The molecule has 3 heteroatoms. The highest BCUT2D eigenvalue weighted by molar-refractivity contribution is 6.75. The van der Waals surface area contributed by atoms with Crippen LogP contribution in [0.4, 0.5) is 0 Å². The molecular weight excluding hydrogens is 216 g/mol. The molecule has 0 fully saturated rings. The Kier molecular flexibility index (Phi) is 5.43. The van der Waals surface area contributed by atoms with Crippen LogP contribution in [-0.4, -0.2) is 20.8 Å². The fourth-order valence-electron chi connectivity index (χ4n) is 1.66. The third-order valence-corrected chi connectivity index (χ3v) is 7.32. The predicted molar refractivity (Wildman–Crippen MR) is 72.7 cm³/mol. The van der Waals surface area contributed by atoms with Crippen LogP contribution in [-0.2, 0) is 8.85 Å². The molecule has 1 unspecified atom stereocenters. The van der Waals surface area contributed by atoms with Gasteiger partial charge in [0.05, 0.1) is 5.60 Å². The minimum Gasteiger partial charge on any atom is -0.391 e. The van der Waals surface area contributed by atoms with Crippen LogP contribution in [0.3, 0.4) is 0 Å². The summed E-state index contributed by atoms with van der Waals surface area (Å²) >= 11 is 0. The van der Waals surface area contributed by atoms with E-state index < -0.39 is 8.56 Å². The Balaban J connectivity index is 5.23. The van der Waals surface area contributed by atoms with Crippen LogP contribution in [0.5, 0.6) is 0 Å². The fourth-order valence-corrected chi connectivity index (χ4v) is 4.97. The first kappa shape index (κ1) is 15.9. The van der Waals surface area contributed by atoms with Crippen molar-refractivity contribution >= 4 is 8.56 Å². The molecule has 0 bridgehead atoms. The Hall–Kier alpha value is -0.123. The maximum atomic E-state index is 6.27. The van der Waals surface area contributed by atoms with Crippen molar-refractivity contribution in [2.24, 2.45) is 0 Å². The molecule has 0 radical (unpaired) electrons. The fraction of sp³-hybridized carbons (Fsp3) is 0.846. The highest BCUT2D eigenvalue weighted by Gasteiger charge is 2.50. The van der Waals surface area contributed by atoms with Crippen molar-refractivity contribution in [2.45, 2.75) is 65.5 Å². The second-order valence-corrected chi connectivity index (χ2v) is 9.35. The van der Waals surface area contributed by atoms with Crippen LogP contribution in [0.2, 0.25) is 5.04 Å². The van der Waals surface area contributed by atoms with Crippen molar-refractivity contribution in [1.82, 2.24) is 0 Å². The van der Waals surface area contributed by atoms with E-state index in [-0.39, 0.29) is 10.6 Å². The first-order valence-corrected chi connectivity index (χ1v) is 8.01. The molecule has 0 rings (SSSR count). The molecule has 0 saturated carbocycles. The van der Waals surface area contributed by atoms with Gasteiger partial charge in [-0.25, -0.2) is 0 Å². The molecule has 0 aromatic rings. The lowest BCUT2D eigenvalue weighted by Crippen LogP contribution is -2.53. The molecule has 0 heterocycles. The van der Waals surface area contributed by atoms with Crippen molar-refractivity contribution in [2.75, 3.05) is 6.61 Å². The lowest BCUT2D eigenvalue weighted by molar-refractivity contribution is 0.0578. The molecule has 0 saturated heterocycles. The minimum atomic E-state index is -2.37. The third-order valence-electron chi connectivity index (χ3n) is 2.91. The van der Waals surface area contributed by atoms with Crippen LogP contribution in [0.25, 0.3) is 0 Å². The van der Waals surface area contributed by atoms with Gasteiger partial charge >= 0.3 is 8.56 Å². The van der Waals surface area contributed by atoms with Crippen LogP contribution in [0.15, 0.2) is 12.3 Å². The quantitative estimate of drug-likeness (QED) is 0.652. The van der Waals surface area contributed by atoms with E-state index in [0.717, 1.165) is 6.42 Å². The summed E-state index contributed by atoms with van der Waals surface area (Å²) in [6, 6.07) is 0. The van der Waals surface area contributed by atoms with Gasteiger partial charge in [-0.15, -0.1) is 6.58 Å². The number of hydrogen-bond donors (Lipinski definition) is 0. The van der Waals surface area contributed by atoms with Crippen molar-refractivity contribution in [3.63, 3.8) is 0 Å². The first-order valence-electron chi connectivity index (χ1n) is 6.12. The summed E-state index contributed by atoms with van der Waals surface area (Å²) in [4.78, 5) is 0. The summed E-state index contributed by atoms with van der Waals surface area (Å²) in [6.07, 6.45) is 1.03. The maximum Gasteiger partial charge on any atom is 0.370 e. The zero-order valence-electron chi connectivity index (χ0n) is 12.0. The molecule has 0 aromatic heterocycles. The zero-order valence-corrected chi connectivity index (χ0v) is 13.0. The van der Waals surface area contributed by atoms with E-state index in [9.17, 15) is 0 Å². The molecule has 0 aliphatic carbocycles. The normalized spacial score (nSPS) is 16.9. The summed E-state index contributed by atoms with van der Waals surface area (Å²) < 4.78 is 12.3. The Morgan fingerprint density at radius 3 is 1.88 bits per heavy atom. The third kappa shape index (κ3) is 3.72.